The van der Waals surface area contributed by atoms with Gasteiger partial charge < -0.3 is 10.6 Å². The number of nitrogen functional groups attached to an aromatic ring is 1. The van der Waals surface area contributed by atoms with Gasteiger partial charge in [0.25, 0.3) is 0 Å². The highest BCUT2D eigenvalue weighted by Gasteiger charge is 2.31. The van der Waals surface area contributed by atoms with E-state index < -0.39 is 0 Å². The molecule has 1 amide bonds. The number of carbonyl (C=O) groups is 1. The number of rotatable bonds is 4. The van der Waals surface area contributed by atoms with Crippen LogP contribution in [0.2, 0.25) is 5.02 Å². The van der Waals surface area contributed by atoms with Crippen LogP contribution in [0.5, 0.6) is 0 Å². The molecule has 2 aromatic carbocycles. The molecule has 32 heavy (non-hydrogen) atoms. The van der Waals surface area contributed by atoms with Crippen molar-refractivity contribution in [1.82, 2.24) is 19.8 Å². The number of anilines is 1. The number of nitrogens with two attached hydrogens (primary N) is 1. The predicted molar refractivity (Wildman–Crippen MR) is 128 cm³/mol. The van der Waals surface area contributed by atoms with E-state index in [9.17, 15) is 4.79 Å². The fourth-order valence-corrected chi connectivity index (χ4v) is 4.51. The highest BCUT2D eigenvalue weighted by Crippen LogP contribution is 2.23. The topological polar surface area (TPSA) is 75.3 Å². The first-order valence-corrected chi connectivity index (χ1v) is 11.1. The quantitative estimate of drug-likeness (QED) is 0.508. The first kappa shape index (κ1) is 20.7. The van der Waals surface area contributed by atoms with Crippen LogP contribution in [0.25, 0.3) is 21.7 Å². The van der Waals surface area contributed by atoms with E-state index in [1.165, 1.54) is 0 Å². The van der Waals surface area contributed by atoms with Gasteiger partial charge >= 0.3 is 0 Å². The van der Waals surface area contributed by atoms with E-state index in [0.29, 0.717) is 30.3 Å². The maximum Gasteiger partial charge on any atom is 0.239 e. The van der Waals surface area contributed by atoms with Gasteiger partial charge in [0, 0.05) is 60.1 Å². The fraction of sp³-hybridized carbons (Fsp3) is 0.240. The molecule has 0 spiro atoms. The van der Waals surface area contributed by atoms with E-state index in [4.69, 9.17) is 17.3 Å². The number of pyridine rings is 2. The number of amides is 1. The van der Waals surface area contributed by atoms with Crippen LogP contribution in [0.4, 0.5) is 5.69 Å². The molecule has 0 radical (unpaired) electrons. The van der Waals surface area contributed by atoms with Gasteiger partial charge in [0.1, 0.15) is 0 Å². The van der Waals surface area contributed by atoms with Crippen LogP contribution in [0.1, 0.15) is 18.2 Å². The number of hydrogen-bond acceptors (Lipinski definition) is 5. The standard InChI is InChI=1S/C25H24ClN5O/c1-16-25(32)31(14-17-2-5-22-23(27)6-7-28-24(22)10-17)9-8-30(16)15-21-12-18-3-4-20(26)11-19(18)13-29-21/h2-7,10-13,16H,8-9,14-15H2,1H3,(H2,27,28). The summed E-state index contributed by atoms with van der Waals surface area (Å²) in [4.78, 5) is 26.2. The normalized spacial score (nSPS) is 17.4. The van der Waals surface area contributed by atoms with Gasteiger partial charge in [-0.2, -0.15) is 0 Å². The molecule has 7 heteroatoms. The van der Waals surface area contributed by atoms with Gasteiger partial charge in [0.2, 0.25) is 5.91 Å². The number of aromatic nitrogens is 2. The van der Waals surface area contributed by atoms with Crippen molar-refractivity contribution in [1.29, 1.82) is 0 Å². The molecule has 2 N–H and O–H groups in total. The third-order valence-electron chi connectivity index (χ3n) is 6.19. The van der Waals surface area contributed by atoms with E-state index >= 15 is 0 Å². The summed E-state index contributed by atoms with van der Waals surface area (Å²) in [6, 6.07) is 15.5. The minimum atomic E-state index is -0.208. The Kier molecular flexibility index (Phi) is 5.41. The smallest absolute Gasteiger partial charge is 0.239 e. The average molecular weight is 446 g/mol. The average Bonchev–Trinajstić information content (AvgIpc) is 2.79. The molecule has 5 rings (SSSR count). The van der Waals surface area contributed by atoms with Crippen molar-refractivity contribution >= 4 is 44.9 Å². The number of piperazine rings is 1. The number of nitrogens with zero attached hydrogens (tertiary/aromatic N) is 4. The molecule has 0 bridgehead atoms. The van der Waals surface area contributed by atoms with Gasteiger partial charge in [-0.05, 0) is 48.2 Å². The van der Waals surface area contributed by atoms with Crippen molar-refractivity contribution in [3.05, 3.63) is 77.2 Å². The van der Waals surface area contributed by atoms with Crippen molar-refractivity contribution in [2.45, 2.75) is 26.1 Å². The summed E-state index contributed by atoms with van der Waals surface area (Å²) in [5.74, 6) is 0.129. The lowest BCUT2D eigenvalue weighted by molar-refractivity contribution is -0.142. The highest BCUT2D eigenvalue weighted by molar-refractivity contribution is 6.31. The SMILES string of the molecule is CC1C(=O)N(Cc2ccc3c(N)ccnc3c2)CCN1Cc1cc2ccc(Cl)cc2cn1. The Morgan fingerprint density at radius 3 is 2.78 bits per heavy atom. The minimum absolute atomic E-state index is 0.129. The monoisotopic (exact) mass is 445 g/mol. The maximum absolute atomic E-state index is 13.1. The van der Waals surface area contributed by atoms with Crippen LogP contribution in [-0.2, 0) is 17.9 Å². The summed E-state index contributed by atoms with van der Waals surface area (Å²) in [6.45, 7) is 4.65. The molecule has 0 aliphatic carbocycles. The van der Waals surface area contributed by atoms with Crippen LogP contribution in [0.3, 0.4) is 0 Å². The van der Waals surface area contributed by atoms with E-state index in [0.717, 1.165) is 39.5 Å². The molecule has 1 unspecified atom stereocenters. The zero-order valence-corrected chi connectivity index (χ0v) is 18.6. The molecule has 1 aliphatic rings. The summed E-state index contributed by atoms with van der Waals surface area (Å²) in [5.41, 5.74) is 9.60. The maximum atomic E-state index is 13.1. The lowest BCUT2D eigenvalue weighted by Crippen LogP contribution is -2.54. The van der Waals surface area contributed by atoms with Crippen molar-refractivity contribution < 1.29 is 4.79 Å². The summed E-state index contributed by atoms with van der Waals surface area (Å²) >= 11 is 6.07. The first-order chi connectivity index (χ1) is 15.5. The number of hydrogen-bond donors (Lipinski definition) is 1. The zero-order valence-electron chi connectivity index (χ0n) is 17.8. The molecule has 3 heterocycles. The second-order valence-electron chi connectivity index (χ2n) is 8.33. The van der Waals surface area contributed by atoms with Crippen LogP contribution in [0.15, 0.2) is 60.9 Å². The van der Waals surface area contributed by atoms with Crippen LogP contribution in [-0.4, -0.2) is 44.8 Å². The second-order valence-corrected chi connectivity index (χ2v) is 8.76. The van der Waals surface area contributed by atoms with Gasteiger partial charge in [0.05, 0.1) is 17.3 Å². The van der Waals surface area contributed by atoms with Gasteiger partial charge in [-0.1, -0.05) is 29.8 Å². The molecule has 0 saturated carbocycles. The molecular formula is C25H24ClN5O. The highest BCUT2D eigenvalue weighted by atomic mass is 35.5. The molecule has 4 aromatic rings. The van der Waals surface area contributed by atoms with Crippen LogP contribution in [0, 0.1) is 0 Å². The van der Waals surface area contributed by atoms with Gasteiger partial charge in [0.15, 0.2) is 0 Å². The predicted octanol–water partition coefficient (Wildman–Crippen LogP) is 4.25. The minimum Gasteiger partial charge on any atom is -0.398 e. The Morgan fingerprint density at radius 2 is 1.91 bits per heavy atom. The number of carbonyl (C=O) groups excluding carboxylic acids is 1. The largest absolute Gasteiger partial charge is 0.398 e. The Balaban J connectivity index is 1.28. The third-order valence-corrected chi connectivity index (χ3v) is 6.43. The summed E-state index contributed by atoms with van der Waals surface area (Å²) in [5, 5.41) is 3.75. The summed E-state index contributed by atoms with van der Waals surface area (Å²) in [6.07, 6.45) is 3.56. The molecule has 1 aliphatic heterocycles. The lowest BCUT2D eigenvalue weighted by Gasteiger charge is -2.39. The second kappa shape index (κ2) is 8.37. The molecule has 6 nitrogen and oxygen atoms in total. The van der Waals surface area contributed by atoms with Gasteiger partial charge in [-0.15, -0.1) is 0 Å². The zero-order chi connectivity index (χ0) is 22.2. The Labute approximate surface area is 191 Å². The molecule has 1 atom stereocenters. The summed E-state index contributed by atoms with van der Waals surface area (Å²) in [7, 11) is 0. The Bertz CT molecular complexity index is 1320. The van der Waals surface area contributed by atoms with E-state index in [1.807, 2.05) is 54.4 Å². The fourth-order valence-electron chi connectivity index (χ4n) is 4.33. The van der Waals surface area contributed by atoms with Gasteiger partial charge in [-0.3, -0.25) is 19.7 Å². The van der Waals surface area contributed by atoms with E-state index in [1.54, 1.807) is 12.3 Å². The third kappa shape index (κ3) is 3.99. The first-order valence-electron chi connectivity index (χ1n) is 10.7. The van der Waals surface area contributed by atoms with E-state index in [-0.39, 0.29) is 11.9 Å². The lowest BCUT2D eigenvalue weighted by atomic mass is 10.1. The molecular weight excluding hydrogens is 422 g/mol. The Hall–Kier alpha value is -3.22. The molecule has 162 valence electrons. The Morgan fingerprint density at radius 1 is 1.03 bits per heavy atom. The van der Waals surface area contributed by atoms with Crippen LogP contribution >= 0.6 is 11.6 Å². The number of halogens is 1. The molecule has 1 fully saturated rings. The van der Waals surface area contributed by atoms with Crippen molar-refractivity contribution in [3.63, 3.8) is 0 Å². The van der Waals surface area contributed by atoms with Crippen molar-refractivity contribution in [2.75, 3.05) is 18.8 Å². The summed E-state index contributed by atoms with van der Waals surface area (Å²) < 4.78 is 0. The molecule has 1 saturated heterocycles. The van der Waals surface area contributed by atoms with Gasteiger partial charge in [-0.25, -0.2) is 0 Å². The number of benzene rings is 2. The van der Waals surface area contributed by atoms with Crippen molar-refractivity contribution in [3.8, 4) is 0 Å². The van der Waals surface area contributed by atoms with Crippen molar-refractivity contribution in [2.24, 2.45) is 0 Å². The van der Waals surface area contributed by atoms with Crippen LogP contribution < -0.4 is 5.73 Å². The number of fused-ring (bicyclic) bond motifs is 2. The molecule has 2 aromatic heterocycles. The van der Waals surface area contributed by atoms with E-state index in [2.05, 4.69) is 20.9 Å².